The molecule has 2 aromatic carbocycles. The van der Waals surface area contributed by atoms with Gasteiger partial charge in [0.05, 0.1) is 16.5 Å². The van der Waals surface area contributed by atoms with Gasteiger partial charge in [0, 0.05) is 24.4 Å². The molecule has 21 heavy (non-hydrogen) atoms. The van der Waals surface area contributed by atoms with Gasteiger partial charge in [-0.25, -0.2) is 0 Å². The number of hydrogen-bond donors (Lipinski definition) is 1. The lowest BCUT2D eigenvalue weighted by Crippen LogP contribution is -2.01. The zero-order chi connectivity index (χ0) is 15.4. The van der Waals surface area contributed by atoms with E-state index in [9.17, 15) is 14.5 Å². The SMILES string of the molecule is COc1ccc(CNc2ccc([N+](=O)[O-])c(F)c2)cc1Br. The summed E-state index contributed by atoms with van der Waals surface area (Å²) in [5.74, 6) is -0.138. The normalized spacial score (nSPS) is 10.2. The fourth-order valence-electron chi connectivity index (χ4n) is 1.79. The van der Waals surface area contributed by atoms with Crippen molar-refractivity contribution < 1.29 is 14.1 Å². The van der Waals surface area contributed by atoms with Gasteiger partial charge < -0.3 is 10.1 Å². The van der Waals surface area contributed by atoms with Crippen LogP contribution in [0.1, 0.15) is 5.56 Å². The highest BCUT2D eigenvalue weighted by Gasteiger charge is 2.13. The second kappa shape index (κ2) is 6.53. The Morgan fingerprint density at radius 3 is 2.67 bits per heavy atom. The second-order valence-electron chi connectivity index (χ2n) is 4.25. The van der Waals surface area contributed by atoms with Gasteiger partial charge in [0.2, 0.25) is 5.82 Å². The van der Waals surface area contributed by atoms with E-state index in [4.69, 9.17) is 4.74 Å². The van der Waals surface area contributed by atoms with Crippen LogP contribution in [-0.4, -0.2) is 12.0 Å². The number of nitrogens with zero attached hydrogens (tertiary/aromatic N) is 1. The standard InChI is InChI=1S/C14H12BrFN2O3/c1-21-14-5-2-9(6-11(14)15)8-17-10-3-4-13(18(19)20)12(16)7-10/h2-7,17H,8H2,1H3. The molecule has 0 spiro atoms. The van der Waals surface area contributed by atoms with E-state index >= 15 is 0 Å². The number of ether oxygens (including phenoxy) is 1. The molecule has 2 rings (SSSR count). The van der Waals surface area contributed by atoms with Crippen LogP contribution >= 0.6 is 15.9 Å². The number of nitrogens with one attached hydrogen (secondary N) is 1. The topological polar surface area (TPSA) is 64.4 Å². The van der Waals surface area contributed by atoms with Crippen LogP contribution in [0.4, 0.5) is 15.8 Å². The van der Waals surface area contributed by atoms with Crippen molar-refractivity contribution >= 4 is 27.3 Å². The smallest absolute Gasteiger partial charge is 0.304 e. The summed E-state index contributed by atoms with van der Waals surface area (Å²) in [6.07, 6.45) is 0. The number of rotatable bonds is 5. The third-order valence-electron chi connectivity index (χ3n) is 2.86. The van der Waals surface area contributed by atoms with Crippen molar-refractivity contribution in [3.8, 4) is 5.75 Å². The Hall–Kier alpha value is -2.15. The summed E-state index contributed by atoms with van der Waals surface area (Å²) in [5.41, 5.74) is 0.902. The predicted octanol–water partition coefficient (Wildman–Crippen LogP) is 4.12. The van der Waals surface area contributed by atoms with Crippen LogP contribution in [0.5, 0.6) is 5.75 Å². The molecule has 0 saturated carbocycles. The molecular formula is C14H12BrFN2O3. The molecular weight excluding hydrogens is 343 g/mol. The van der Waals surface area contributed by atoms with Crippen LogP contribution in [0.15, 0.2) is 40.9 Å². The summed E-state index contributed by atoms with van der Waals surface area (Å²) in [4.78, 5) is 9.79. The van der Waals surface area contributed by atoms with Crippen molar-refractivity contribution in [2.45, 2.75) is 6.54 Å². The first kappa shape index (κ1) is 15.2. The molecule has 0 saturated heterocycles. The van der Waals surface area contributed by atoms with Gasteiger partial charge in [-0.3, -0.25) is 10.1 Å². The van der Waals surface area contributed by atoms with E-state index in [1.54, 1.807) is 7.11 Å². The van der Waals surface area contributed by atoms with Crippen LogP contribution < -0.4 is 10.1 Å². The van der Waals surface area contributed by atoms with Crippen molar-refractivity contribution in [3.05, 3.63) is 62.4 Å². The number of anilines is 1. The fraction of sp³-hybridized carbons (Fsp3) is 0.143. The second-order valence-corrected chi connectivity index (χ2v) is 5.10. The highest BCUT2D eigenvalue weighted by atomic mass is 79.9. The molecule has 0 unspecified atom stereocenters. The fourth-order valence-corrected chi connectivity index (χ4v) is 2.38. The Bertz CT molecular complexity index is 679. The van der Waals surface area contributed by atoms with Gasteiger partial charge in [0.25, 0.3) is 0 Å². The van der Waals surface area contributed by atoms with Crippen LogP contribution in [0, 0.1) is 15.9 Å². The largest absolute Gasteiger partial charge is 0.496 e. The van der Waals surface area contributed by atoms with E-state index < -0.39 is 16.4 Å². The molecule has 0 bridgehead atoms. The minimum absolute atomic E-state index is 0.458. The number of nitro benzene ring substituents is 1. The van der Waals surface area contributed by atoms with E-state index in [0.717, 1.165) is 27.9 Å². The first-order valence-corrected chi connectivity index (χ1v) is 6.81. The molecule has 110 valence electrons. The van der Waals surface area contributed by atoms with E-state index in [-0.39, 0.29) is 0 Å². The van der Waals surface area contributed by atoms with E-state index in [1.165, 1.54) is 6.07 Å². The van der Waals surface area contributed by atoms with Gasteiger partial charge in [-0.15, -0.1) is 0 Å². The van der Waals surface area contributed by atoms with Gasteiger partial charge in [-0.1, -0.05) is 6.07 Å². The Kier molecular flexibility index (Phi) is 4.74. The maximum Gasteiger partial charge on any atom is 0.304 e. The van der Waals surface area contributed by atoms with Crippen molar-refractivity contribution in [3.63, 3.8) is 0 Å². The monoisotopic (exact) mass is 354 g/mol. The zero-order valence-electron chi connectivity index (χ0n) is 11.1. The third-order valence-corrected chi connectivity index (χ3v) is 3.48. The molecule has 0 fully saturated rings. The quantitative estimate of drug-likeness (QED) is 0.647. The Balaban J connectivity index is 2.08. The molecule has 1 N–H and O–H groups in total. The minimum atomic E-state index is -0.860. The first-order chi connectivity index (χ1) is 10.0. The van der Waals surface area contributed by atoms with Crippen LogP contribution in [0.25, 0.3) is 0 Å². The van der Waals surface area contributed by atoms with Crippen molar-refractivity contribution in [2.24, 2.45) is 0 Å². The average Bonchev–Trinajstić information content (AvgIpc) is 2.45. The molecule has 0 aliphatic carbocycles. The van der Waals surface area contributed by atoms with Gasteiger partial charge in [0.15, 0.2) is 0 Å². The van der Waals surface area contributed by atoms with Crippen molar-refractivity contribution in [2.75, 3.05) is 12.4 Å². The zero-order valence-corrected chi connectivity index (χ0v) is 12.7. The lowest BCUT2D eigenvalue weighted by atomic mass is 10.2. The van der Waals surface area contributed by atoms with Gasteiger partial charge >= 0.3 is 5.69 Å². The lowest BCUT2D eigenvalue weighted by Gasteiger charge is -2.09. The highest BCUT2D eigenvalue weighted by molar-refractivity contribution is 9.10. The van der Waals surface area contributed by atoms with Gasteiger partial charge in [-0.2, -0.15) is 4.39 Å². The summed E-state index contributed by atoms with van der Waals surface area (Å²) < 4.78 is 19.4. The first-order valence-electron chi connectivity index (χ1n) is 6.01. The summed E-state index contributed by atoms with van der Waals surface area (Å²) in [5, 5.41) is 13.5. The Labute approximate surface area is 129 Å². The minimum Gasteiger partial charge on any atom is -0.496 e. The molecule has 0 aromatic heterocycles. The van der Waals surface area contributed by atoms with E-state index in [2.05, 4.69) is 21.2 Å². The lowest BCUT2D eigenvalue weighted by molar-refractivity contribution is -0.387. The Morgan fingerprint density at radius 1 is 1.33 bits per heavy atom. The van der Waals surface area contributed by atoms with Gasteiger partial charge in [-0.05, 0) is 39.7 Å². The molecule has 2 aromatic rings. The van der Waals surface area contributed by atoms with E-state index in [1.807, 2.05) is 18.2 Å². The van der Waals surface area contributed by atoms with E-state index in [0.29, 0.717) is 12.2 Å². The molecule has 0 aliphatic heterocycles. The molecule has 0 amide bonds. The molecule has 0 heterocycles. The summed E-state index contributed by atoms with van der Waals surface area (Å²) in [6, 6.07) is 9.29. The maximum atomic E-state index is 13.5. The summed E-state index contributed by atoms with van der Waals surface area (Å²) in [7, 11) is 1.58. The molecule has 0 radical (unpaired) electrons. The average molecular weight is 355 g/mol. The number of hydrogen-bond acceptors (Lipinski definition) is 4. The third kappa shape index (κ3) is 3.69. The van der Waals surface area contributed by atoms with Crippen LogP contribution in [-0.2, 0) is 6.54 Å². The predicted molar refractivity (Wildman–Crippen MR) is 81.1 cm³/mol. The van der Waals surface area contributed by atoms with Crippen LogP contribution in [0.3, 0.4) is 0 Å². The Morgan fingerprint density at radius 2 is 2.10 bits per heavy atom. The summed E-state index contributed by atoms with van der Waals surface area (Å²) in [6.45, 7) is 0.458. The molecule has 0 aliphatic rings. The van der Waals surface area contributed by atoms with Crippen molar-refractivity contribution in [1.29, 1.82) is 0 Å². The van der Waals surface area contributed by atoms with Crippen molar-refractivity contribution in [1.82, 2.24) is 0 Å². The highest BCUT2D eigenvalue weighted by Crippen LogP contribution is 2.26. The summed E-state index contributed by atoms with van der Waals surface area (Å²) >= 11 is 3.38. The number of halogens is 2. The number of methoxy groups -OCH3 is 1. The molecule has 7 heteroatoms. The van der Waals surface area contributed by atoms with Gasteiger partial charge in [0.1, 0.15) is 5.75 Å². The molecule has 5 nitrogen and oxygen atoms in total. The number of nitro groups is 1. The maximum absolute atomic E-state index is 13.5. The number of benzene rings is 2. The van der Waals surface area contributed by atoms with Crippen LogP contribution in [0.2, 0.25) is 0 Å². The molecule has 0 atom stereocenters.